The van der Waals surface area contributed by atoms with Crippen LogP contribution in [0, 0.1) is 5.82 Å². The Balaban J connectivity index is 1.44. The Hall–Kier alpha value is -2.41. The molecule has 0 atom stereocenters. The highest BCUT2D eigenvalue weighted by molar-refractivity contribution is 9.10. The molecule has 5 nitrogen and oxygen atoms in total. The van der Waals surface area contributed by atoms with E-state index in [4.69, 9.17) is 4.74 Å². The molecular weight excluding hydrogens is 439 g/mol. The second kappa shape index (κ2) is 9.87. The average Bonchev–Trinajstić information content (AvgIpc) is 2.74. The molecule has 1 aliphatic rings. The second-order valence-electron chi connectivity index (χ2n) is 7.03. The van der Waals surface area contributed by atoms with Crippen molar-refractivity contribution in [3.05, 3.63) is 63.9 Å². The van der Waals surface area contributed by atoms with Crippen molar-refractivity contribution >= 4 is 27.7 Å². The fraction of sp³-hybridized carbons (Fsp3) is 0.364. The largest absolute Gasteiger partial charge is 0.496 e. The number of carbonyl (C=O) groups is 2. The highest BCUT2D eigenvalue weighted by Gasteiger charge is 2.24. The molecule has 1 saturated heterocycles. The molecule has 1 fully saturated rings. The van der Waals surface area contributed by atoms with Crippen LogP contribution in [0.25, 0.3) is 0 Å². The molecule has 154 valence electrons. The first-order chi connectivity index (χ1) is 14.0. The number of amides is 2. The topological polar surface area (TPSA) is 49.9 Å². The van der Waals surface area contributed by atoms with Crippen LogP contribution in [0.3, 0.4) is 0 Å². The molecule has 0 aromatic heterocycles. The van der Waals surface area contributed by atoms with Crippen molar-refractivity contribution < 1.29 is 18.7 Å². The lowest BCUT2D eigenvalue weighted by molar-refractivity contribution is -0.139. The summed E-state index contributed by atoms with van der Waals surface area (Å²) in [5.74, 6) is 0.561. The van der Waals surface area contributed by atoms with Gasteiger partial charge in [0, 0.05) is 32.6 Å². The van der Waals surface area contributed by atoms with Crippen molar-refractivity contribution in [2.45, 2.75) is 19.3 Å². The van der Waals surface area contributed by atoms with Gasteiger partial charge in [-0.1, -0.05) is 18.2 Å². The van der Waals surface area contributed by atoms with Gasteiger partial charge in [-0.25, -0.2) is 4.39 Å². The summed E-state index contributed by atoms with van der Waals surface area (Å²) in [5.41, 5.74) is 1.86. The normalized spacial score (nSPS) is 14.0. The van der Waals surface area contributed by atoms with Gasteiger partial charge in [-0.3, -0.25) is 9.59 Å². The highest BCUT2D eigenvalue weighted by atomic mass is 79.9. The van der Waals surface area contributed by atoms with Gasteiger partial charge in [-0.2, -0.15) is 0 Å². The van der Waals surface area contributed by atoms with E-state index in [0.29, 0.717) is 39.0 Å². The number of hydrogen-bond acceptors (Lipinski definition) is 3. The van der Waals surface area contributed by atoms with Crippen molar-refractivity contribution in [3.8, 4) is 5.75 Å². The van der Waals surface area contributed by atoms with Crippen LogP contribution in [0.15, 0.2) is 46.9 Å². The fourth-order valence-electron chi connectivity index (χ4n) is 3.37. The van der Waals surface area contributed by atoms with E-state index in [-0.39, 0.29) is 24.1 Å². The van der Waals surface area contributed by atoms with E-state index in [0.717, 1.165) is 21.3 Å². The van der Waals surface area contributed by atoms with Crippen LogP contribution < -0.4 is 4.74 Å². The van der Waals surface area contributed by atoms with Crippen LogP contribution in [0.2, 0.25) is 0 Å². The van der Waals surface area contributed by atoms with Crippen LogP contribution in [-0.2, 0) is 22.4 Å². The average molecular weight is 463 g/mol. The first-order valence-corrected chi connectivity index (χ1v) is 10.4. The highest BCUT2D eigenvalue weighted by Crippen LogP contribution is 2.26. The number of halogens is 2. The zero-order valence-corrected chi connectivity index (χ0v) is 18.0. The lowest BCUT2D eigenvalue weighted by Gasteiger charge is -2.35. The van der Waals surface area contributed by atoms with Crippen LogP contribution >= 0.6 is 15.9 Å². The molecule has 0 radical (unpaired) electrons. The quantitative estimate of drug-likeness (QED) is 0.660. The molecule has 1 aliphatic heterocycles. The zero-order chi connectivity index (χ0) is 20.8. The van der Waals surface area contributed by atoms with Crippen molar-refractivity contribution in [3.63, 3.8) is 0 Å². The van der Waals surface area contributed by atoms with Gasteiger partial charge >= 0.3 is 0 Å². The minimum absolute atomic E-state index is 0.00629. The Bertz CT molecular complexity index is 865. The molecular formula is C22H24BrFN2O3. The molecule has 0 bridgehead atoms. The molecule has 2 amide bonds. The van der Waals surface area contributed by atoms with E-state index < -0.39 is 0 Å². The Morgan fingerprint density at radius 3 is 2.14 bits per heavy atom. The number of methoxy groups -OCH3 is 1. The first-order valence-electron chi connectivity index (χ1n) is 9.58. The van der Waals surface area contributed by atoms with E-state index in [1.165, 1.54) is 12.1 Å². The number of carbonyl (C=O) groups excluding carboxylic acids is 2. The number of nitrogens with zero attached hydrogens (tertiary/aromatic N) is 2. The Kier molecular flexibility index (Phi) is 7.25. The minimum Gasteiger partial charge on any atom is -0.496 e. The number of piperazine rings is 1. The van der Waals surface area contributed by atoms with Gasteiger partial charge in [-0.15, -0.1) is 0 Å². The number of rotatable bonds is 6. The van der Waals surface area contributed by atoms with Crippen LogP contribution in [0.1, 0.15) is 17.5 Å². The van der Waals surface area contributed by atoms with Crippen molar-refractivity contribution in [2.75, 3.05) is 33.3 Å². The SMILES string of the molecule is COc1ccc(CCC(=O)N2CCN(C(=O)Cc3ccc(F)cc3)CC2)cc1Br. The summed E-state index contributed by atoms with van der Waals surface area (Å²) in [7, 11) is 1.62. The number of hydrogen-bond donors (Lipinski definition) is 0. The maximum absolute atomic E-state index is 13.0. The Labute approximate surface area is 178 Å². The maximum Gasteiger partial charge on any atom is 0.227 e. The Morgan fingerprint density at radius 1 is 0.966 bits per heavy atom. The zero-order valence-electron chi connectivity index (χ0n) is 16.4. The molecule has 29 heavy (non-hydrogen) atoms. The van der Waals surface area contributed by atoms with Crippen LogP contribution in [0.4, 0.5) is 4.39 Å². The summed E-state index contributed by atoms with van der Waals surface area (Å²) in [6.45, 7) is 2.14. The predicted molar refractivity (Wildman–Crippen MR) is 112 cm³/mol. The number of benzene rings is 2. The molecule has 2 aromatic carbocycles. The summed E-state index contributed by atoms with van der Waals surface area (Å²) < 4.78 is 19.1. The second-order valence-corrected chi connectivity index (χ2v) is 7.89. The monoisotopic (exact) mass is 462 g/mol. The summed E-state index contributed by atoms with van der Waals surface area (Å²) >= 11 is 3.46. The molecule has 0 spiro atoms. The van der Waals surface area contributed by atoms with E-state index in [1.807, 2.05) is 23.1 Å². The smallest absolute Gasteiger partial charge is 0.227 e. The predicted octanol–water partition coefficient (Wildman–Crippen LogP) is 3.44. The Morgan fingerprint density at radius 2 is 1.55 bits per heavy atom. The van der Waals surface area contributed by atoms with E-state index >= 15 is 0 Å². The van der Waals surface area contributed by atoms with Crippen LogP contribution in [-0.4, -0.2) is 54.9 Å². The molecule has 0 saturated carbocycles. The van der Waals surface area contributed by atoms with E-state index in [2.05, 4.69) is 15.9 Å². The number of aryl methyl sites for hydroxylation is 1. The third-order valence-corrected chi connectivity index (χ3v) is 5.72. The molecule has 1 heterocycles. The van der Waals surface area contributed by atoms with Gasteiger partial charge in [0.05, 0.1) is 18.0 Å². The number of ether oxygens (including phenoxy) is 1. The third kappa shape index (κ3) is 5.79. The van der Waals surface area contributed by atoms with Crippen molar-refractivity contribution in [2.24, 2.45) is 0 Å². The van der Waals surface area contributed by atoms with Gasteiger partial charge < -0.3 is 14.5 Å². The molecule has 3 rings (SSSR count). The minimum atomic E-state index is -0.310. The van der Waals surface area contributed by atoms with Crippen molar-refractivity contribution in [1.82, 2.24) is 9.80 Å². The first kappa shape index (κ1) is 21.3. The van der Waals surface area contributed by atoms with Gasteiger partial charge in [0.2, 0.25) is 11.8 Å². The maximum atomic E-state index is 13.0. The standard InChI is InChI=1S/C22H24BrFN2O3/c1-29-20-8-4-16(14-19(20)23)5-9-21(27)25-10-12-26(13-11-25)22(28)15-17-2-6-18(24)7-3-17/h2-4,6-8,14H,5,9-13,15H2,1H3. The molecule has 0 aliphatic carbocycles. The lowest BCUT2D eigenvalue weighted by atomic mass is 10.1. The fourth-order valence-corrected chi connectivity index (χ4v) is 3.96. The van der Waals surface area contributed by atoms with Gasteiger partial charge in [0.15, 0.2) is 0 Å². The molecule has 0 N–H and O–H groups in total. The summed E-state index contributed by atoms with van der Waals surface area (Å²) in [5, 5.41) is 0. The lowest BCUT2D eigenvalue weighted by Crippen LogP contribution is -2.51. The summed E-state index contributed by atoms with van der Waals surface area (Å²) in [4.78, 5) is 28.6. The van der Waals surface area contributed by atoms with Gasteiger partial charge in [-0.05, 0) is 57.7 Å². The third-order valence-electron chi connectivity index (χ3n) is 5.10. The van der Waals surface area contributed by atoms with E-state index in [1.54, 1.807) is 24.1 Å². The molecule has 7 heteroatoms. The summed E-state index contributed by atoms with van der Waals surface area (Å²) in [6, 6.07) is 11.8. The van der Waals surface area contributed by atoms with Gasteiger partial charge in [0.25, 0.3) is 0 Å². The molecule has 2 aromatic rings. The van der Waals surface area contributed by atoms with Crippen LogP contribution in [0.5, 0.6) is 5.75 Å². The van der Waals surface area contributed by atoms with E-state index in [9.17, 15) is 14.0 Å². The molecule has 0 unspecified atom stereocenters. The summed E-state index contributed by atoms with van der Waals surface area (Å²) in [6.07, 6.45) is 1.34. The van der Waals surface area contributed by atoms with Crippen molar-refractivity contribution in [1.29, 1.82) is 0 Å². The van der Waals surface area contributed by atoms with Gasteiger partial charge in [0.1, 0.15) is 11.6 Å².